The number of hydrogen-bond acceptors (Lipinski definition) is 4. The molecular formula is C18H21ClN4O. The Balaban J connectivity index is 1.81. The summed E-state index contributed by atoms with van der Waals surface area (Å²) in [5.74, 6) is 0.389. The summed E-state index contributed by atoms with van der Waals surface area (Å²) in [6, 6.07) is 7.16. The molecule has 5 nitrogen and oxygen atoms in total. The molecule has 1 saturated heterocycles. The van der Waals surface area contributed by atoms with Gasteiger partial charge in [0.1, 0.15) is 5.69 Å². The van der Waals surface area contributed by atoms with Crippen molar-refractivity contribution in [1.82, 2.24) is 9.97 Å². The zero-order valence-corrected chi connectivity index (χ0v) is 14.7. The molecule has 126 valence electrons. The molecule has 1 fully saturated rings. The van der Waals surface area contributed by atoms with Gasteiger partial charge in [0.25, 0.3) is 5.91 Å². The number of carbonyl (C=O) groups excluding carboxylic acids is 1. The molecule has 1 aromatic carbocycles. The average Bonchev–Trinajstić information content (AvgIpc) is 2.58. The predicted molar refractivity (Wildman–Crippen MR) is 97.0 cm³/mol. The molecule has 0 atom stereocenters. The molecule has 2 heterocycles. The lowest BCUT2D eigenvalue weighted by atomic mass is 10.1. The van der Waals surface area contributed by atoms with E-state index in [1.54, 1.807) is 12.1 Å². The summed E-state index contributed by atoms with van der Waals surface area (Å²) in [5.41, 5.74) is 2.80. The third-order valence-electron chi connectivity index (χ3n) is 4.14. The van der Waals surface area contributed by atoms with Crippen LogP contribution in [0.2, 0.25) is 5.02 Å². The van der Waals surface area contributed by atoms with Gasteiger partial charge in [0.05, 0.1) is 0 Å². The Labute approximate surface area is 147 Å². The van der Waals surface area contributed by atoms with Gasteiger partial charge in [0, 0.05) is 29.5 Å². The van der Waals surface area contributed by atoms with Crippen LogP contribution in [0.4, 0.5) is 11.6 Å². The molecule has 1 amide bonds. The fourth-order valence-corrected chi connectivity index (χ4v) is 2.95. The Hall–Kier alpha value is -2.14. The van der Waals surface area contributed by atoms with Crippen LogP contribution >= 0.6 is 11.6 Å². The second kappa shape index (κ2) is 7.18. The molecule has 0 bridgehead atoms. The summed E-state index contributed by atoms with van der Waals surface area (Å²) in [6.45, 7) is 5.69. The minimum Gasteiger partial charge on any atom is -0.341 e. The van der Waals surface area contributed by atoms with Gasteiger partial charge in [-0.25, -0.2) is 9.97 Å². The van der Waals surface area contributed by atoms with Crippen LogP contribution in [-0.2, 0) is 0 Å². The highest BCUT2D eigenvalue weighted by atomic mass is 35.5. The van der Waals surface area contributed by atoms with E-state index < -0.39 is 0 Å². The van der Waals surface area contributed by atoms with E-state index in [1.807, 2.05) is 26.0 Å². The number of nitrogens with one attached hydrogen (secondary N) is 1. The van der Waals surface area contributed by atoms with E-state index >= 15 is 0 Å². The minimum absolute atomic E-state index is 0.251. The molecule has 1 aliphatic heterocycles. The molecule has 0 radical (unpaired) electrons. The van der Waals surface area contributed by atoms with E-state index in [0.717, 1.165) is 37.2 Å². The molecule has 0 unspecified atom stereocenters. The van der Waals surface area contributed by atoms with Gasteiger partial charge >= 0.3 is 0 Å². The lowest BCUT2D eigenvalue weighted by Crippen LogP contribution is -2.31. The molecule has 3 rings (SSSR count). The number of piperidine rings is 1. The number of rotatable bonds is 3. The van der Waals surface area contributed by atoms with Gasteiger partial charge in [-0.3, -0.25) is 4.79 Å². The smallest absolute Gasteiger partial charge is 0.274 e. The van der Waals surface area contributed by atoms with Crippen LogP contribution in [0.5, 0.6) is 0 Å². The highest BCUT2D eigenvalue weighted by Gasteiger charge is 2.17. The maximum atomic E-state index is 12.5. The molecule has 24 heavy (non-hydrogen) atoms. The standard InChI is InChI=1S/C18H21ClN4O/c1-12-6-7-14(11-15(12)19)21-17(24)16-10-13(2)20-18(22-16)23-8-4-3-5-9-23/h6-7,10-11H,3-5,8-9H2,1-2H3,(H,21,24). The summed E-state index contributed by atoms with van der Waals surface area (Å²) in [4.78, 5) is 23.6. The Kier molecular flexibility index (Phi) is 5.00. The van der Waals surface area contributed by atoms with E-state index in [2.05, 4.69) is 20.2 Å². The Morgan fingerprint density at radius 2 is 1.88 bits per heavy atom. The third kappa shape index (κ3) is 3.85. The SMILES string of the molecule is Cc1cc(C(=O)Nc2ccc(C)c(Cl)c2)nc(N2CCCCC2)n1. The zero-order chi connectivity index (χ0) is 17.1. The van der Waals surface area contributed by atoms with Crippen LogP contribution in [-0.4, -0.2) is 29.0 Å². The lowest BCUT2D eigenvalue weighted by molar-refractivity contribution is 0.102. The van der Waals surface area contributed by atoms with Crippen molar-refractivity contribution in [1.29, 1.82) is 0 Å². The van der Waals surface area contributed by atoms with E-state index in [0.29, 0.717) is 22.4 Å². The molecule has 2 aromatic rings. The minimum atomic E-state index is -0.251. The van der Waals surface area contributed by atoms with Gasteiger partial charge in [-0.2, -0.15) is 0 Å². The van der Waals surface area contributed by atoms with Gasteiger partial charge in [-0.15, -0.1) is 0 Å². The molecule has 0 spiro atoms. The Morgan fingerprint density at radius 1 is 1.12 bits per heavy atom. The van der Waals surface area contributed by atoms with Crippen molar-refractivity contribution >= 4 is 29.1 Å². The third-order valence-corrected chi connectivity index (χ3v) is 4.55. The van der Waals surface area contributed by atoms with Crippen LogP contribution in [0.15, 0.2) is 24.3 Å². The number of benzene rings is 1. The first-order valence-corrected chi connectivity index (χ1v) is 8.59. The first-order valence-electron chi connectivity index (χ1n) is 8.21. The number of carbonyl (C=O) groups is 1. The topological polar surface area (TPSA) is 58.1 Å². The van der Waals surface area contributed by atoms with Crippen molar-refractivity contribution in [3.63, 3.8) is 0 Å². The van der Waals surface area contributed by atoms with Crippen LogP contribution in [0.25, 0.3) is 0 Å². The van der Waals surface area contributed by atoms with Crippen LogP contribution in [0, 0.1) is 13.8 Å². The van der Waals surface area contributed by atoms with Gasteiger partial charge in [0.2, 0.25) is 5.95 Å². The second-order valence-electron chi connectivity index (χ2n) is 6.16. The van der Waals surface area contributed by atoms with Crippen molar-refractivity contribution in [2.75, 3.05) is 23.3 Å². The van der Waals surface area contributed by atoms with Crippen molar-refractivity contribution in [3.05, 3.63) is 46.2 Å². The largest absolute Gasteiger partial charge is 0.341 e. The molecule has 1 aromatic heterocycles. The molecule has 1 aliphatic rings. The molecule has 1 N–H and O–H groups in total. The molecule has 6 heteroatoms. The maximum Gasteiger partial charge on any atom is 0.274 e. The monoisotopic (exact) mass is 344 g/mol. The van der Waals surface area contributed by atoms with Gasteiger partial charge in [-0.1, -0.05) is 17.7 Å². The van der Waals surface area contributed by atoms with Gasteiger partial charge in [-0.05, 0) is 56.9 Å². The number of hydrogen-bond donors (Lipinski definition) is 1. The second-order valence-corrected chi connectivity index (χ2v) is 6.57. The highest BCUT2D eigenvalue weighted by Crippen LogP contribution is 2.21. The number of nitrogens with zero attached hydrogens (tertiary/aromatic N) is 3. The van der Waals surface area contributed by atoms with Crippen LogP contribution in [0.3, 0.4) is 0 Å². The average molecular weight is 345 g/mol. The summed E-state index contributed by atoms with van der Waals surface area (Å²) in [6.07, 6.45) is 3.52. The van der Waals surface area contributed by atoms with E-state index in [9.17, 15) is 4.79 Å². The lowest BCUT2D eigenvalue weighted by Gasteiger charge is -2.27. The number of aromatic nitrogens is 2. The highest BCUT2D eigenvalue weighted by molar-refractivity contribution is 6.31. The van der Waals surface area contributed by atoms with Crippen molar-refractivity contribution < 1.29 is 4.79 Å². The summed E-state index contributed by atoms with van der Waals surface area (Å²) < 4.78 is 0. The molecule has 0 saturated carbocycles. The maximum absolute atomic E-state index is 12.5. The summed E-state index contributed by atoms with van der Waals surface area (Å²) in [7, 11) is 0. The number of aryl methyl sites for hydroxylation is 2. The van der Waals surface area contributed by atoms with Crippen molar-refractivity contribution in [2.24, 2.45) is 0 Å². The van der Waals surface area contributed by atoms with Gasteiger partial charge in [0.15, 0.2) is 0 Å². The Morgan fingerprint density at radius 3 is 2.58 bits per heavy atom. The quantitative estimate of drug-likeness (QED) is 0.914. The molecule has 0 aliphatic carbocycles. The van der Waals surface area contributed by atoms with Crippen LogP contribution < -0.4 is 10.2 Å². The normalized spacial score (nSPS) is 14.5. The first-order chi connectivity index (χ1) is 11.5. The van der Waals surface area contributed by atoms with Gasteiger partial charge < -0.3 is 10.2 Å². The van der Waals surface area contributed by atoms with Crippen molar-refractivity contribution in [2.45, 2.75) is 33.1 Å². The van der Waals surface area contributed by atoms with E-state index in [-0.39, 0.29) is 5.91 Å². The van der Waals surface area contributed by atoms with Crippen LogP contribution in [0.1, 0.15) is 41.0 Å². The summed E-state index contributed by atoms with van der Waals surface area (Å²) >= 11 is 6.11. The number of amides is 1. The van der Waals surface area contributed by atoms with E-state index in [4.69, 9.17) is 11.6 Å². The Bertz CT molecular complexity index is 757. The number of halogens is 1. The van der Waals surface area contributed by atoms with E-state index in [1.165, 1.54) is 6.42 Å². The number of anilines is 2. The summed E-state index contributed by atoms with van der Waals surface area (Å²) in [5, 5.41) is 3.48. The van der Waals surface area contributed by atoms with Crippen molar-refractivity contribution in [3.8, 4) is 0 Å². The predicted octanol–water partition coefficient (Wildman–Crippen LogP) is 3.99. The molecular weight excluding hydrogens is 324 g/mol. The fraction of sp³-hybridized carbons (Fsp3) is 0.389. The fourth-order valence-electron chi connectivity index (χ4n) is 2.77. The first kappa shape index (κ1) is 16.7. The zero-order valence-electron chi connectivity index (χ0n) is 14.0.